The van der Waals surface area contributed by atoms with Gasteiger partial charge in [0.25, 0.3) is 0 Å². The lowest BCUT2D eigenvalue weighted by Crippen LogP contribution is -2.38. The zero-order valence-electron chi connectivity index (χ0n) is 10.9. The van der Waals surface area contributed by atoms with Crippen LogP contribution in [0.4, 0.5) is 0 Å². The van der Waals surface area contributed by atoms with Crippen molar-refractivity contribution in [1.82, 2.24) is 0 Å². The lowest BCUT2D eigenvalue weighted by Gasteiger charge is -2.34. The summed E-state index contributed by atoms with van der Waals surface area (Å²) in [4.78, 5) is 0. The zero-order chi connectivity index (χ0) is 12.3. The van der Waals surface area contributed by atoms with Gasteiger partial charge in [0, 0.05) is 7.11 Å². The lowest BCUT2D eigenvalue weighted by atomic mass is 9.81. The molecule has 0 bridgehead atoms. The van der Waals surface area contributed by atoms with Crippen LogP contribution in [0, 0.1) is 12.3 Å². The fraction of sp³-hybridized carbons (Fsp3) is 0.571. The van der Waals surface area contributed by atoms with E-state index in [1.54, 1.807) is 7.11 Å². The molecule has 2 N–H and O–H groups in total. The van der Waals surface area contributed by atoms with Crippen LogP contribution in [0.1, 0.15) is 37.9 Å². The highest BCUT2D eigenvalue weighted by atomic mass is 16.5. The van der Waals surface area contributed by atoms with Crippen LogP contribution in [0.5, 0.6) is 0 Å². The van der Waals surface area contributed by atoms with E-state index >= 15 is 0 Å². The minimum atomic E-state index is -0.0776. The summed E-state index contributed by atoms with van der Waals surface area (Å²) in [5, 5.41) is 0. The molecule has 1 aromatic carbocycles. The SMILES string of the molecule is COC(C(N)c1ccccc1C)C(C)(C)C. The molecule has 0 radical (unpaired) electrons. The quantitative estimate of drug-likeness (QED) is 0.851. The van der Waals surface area contributed by atoms with Gasteiger partial charge in [0.05, 0.1) is 12.1 Å². The smallest absolute Gasteiger partial charge is 0.0812 e. The maximum atomic E-state index is 6.31. The second kappa shape index (κ2) is 4.98. The highest BCUT2D eigenvalue weighted by molar-refractivity contribution is 5.29. The molecule has 2 heteroatoms. The Kier molecular flexibility index (Phi) is 4.11. The highest BCUT2D eigenvalue weighted by Gasteiger charge is 2.31. The number of methoxy groups -OCH3 is 1. The minimum Gasteiger partial charge on any atom is -0.379 e. The number of nitrogens with two attached hydrogens (primary N) is 1. The van der Waals surface area contributed by atoms with Crippen LogP contribution >= 0.6 is 0 Å². The van der Waals surface area contributed by atoms with Gasteiger partial charge in [0.2, 0.25) is 0 Å². The molecule has 16 heavy (non-hydrogen) atoms. The summed E-state index contributed by atoms with van der Waals surface area (Å²) >= 11 is 0. The summed E-state index contributed by atoms with van der Waals surface area (Å²) in [6, 6.07) is 8.15. The number of benzene rings is 1. The third kappa shape index (κ3) is 2.83. The molecule has 0 aliphatic rings. The molecule has 90 valence electrons. The van der Waals surface area contributed by atoms with Gasteiger partial charge in [0.1, 0.15) is 0 Å². The topological polar surface area (TPSA) is 35.2 Å². The first kappa shape index (κ1) is 13.2. The van der Waals surface area contributed by atoms with E-state index in [4.69, 9.17) is 10.5 Å². The molecule has 0 spiro atoms. The average Bonchev–Trinajstić information content (AvgIpc) is 2.17. The Morgan fingerprint density at radius 2 is 1.75 bits per heavy atom. The van der Waals surface area contributed by atoms with E-state index in [1.165, 1.54) is 11.1 Å². The third-order valence-electron chi connectivity index (χ3n) is 2.98. The van der Waals surface area contributed by atoms with Crippen molar-refractivity contribution in [3.8, 4) is 0 Å². The largest absolute Gasteiger partial charge is 0.379 e. The Morgan fingerprint density at radius 3 is 2.19 bits per heavy atom. The van der Waals surface area contributed by atoms with E-state index in [0.717, 1.165) is 0 Å². The minimum absolute atomic E-state index is 0.0219. The van der Waals surface area contributed by atoms with Crippen molar-refractivity contribution in [2.24, 2.45) is 11.1 Å². The maximum Gasteiger partial charge on any atom is 0.0812 e. The van der Waals surface area contributed by atoms with Gasteiger partial charge in [-0.3, -0.25) is 0 Å². The number of hydrogen-bond donors (Lipinski definition) is 1. The molecule has 0 aliphatic heterocycles. The third-order valence-corrected chi connectivity index (χ3v) is 2.98. The van der Waals surface area contributed by atoms with Gasteiger partial charge >= 0.3 is 0 Å². The van der Waals surface area contributed by atoms with Gasteiger partial charge in [-0.05, 0) is 23.5 Å². The fourth-order valence-electron chi connectivity index (χ4n) is 2.16. The second-order valence-electron chi connectivity index (χ2n) is 5.40. The van der Waals surface area contributed by atoms with Crippen molar-refractivity contribution in [3.63, 3.8) is 0 Å². The maximum absolute atomic E-state index is 6.31. The monoisotopic (exact) mass is 221 g/mol. The molecule has 0 aliphatic carbocycles. The summed E-state index contributed by atoms with van der Waals surface area (Å²) in [6.07, 6.45) is 0.0219. The predicted octanol–water partition coefficient (Wildman–Crippen LogP) is 3.06. The van der Waals surface area contributed by atoms with Crippen LogP contribution in [-0.2, 0) is 4.74 Å². The Labute approximate surface area is 98.8 Å². The Hall–Kier alpha value is -0.860. The molecule has 0 saturated heterocycles. The molecule has 2 atom stereocenters. The van der Waals surface area contributed by atoms with E-state index in [2.05, 4.69) is 39.8 Å². The van der Waals surface area contributed by atoms with Crippen LogP contribution < -0.4 is 5.73 Å². The van der Waals surface area contributed by atoms with Crippen LogP contribution in [0.15, 0.2) is 24.3 Å². The molecule has 0 saturated carbocycles. The van der Waals surface area contributed by atoms with Crippen LogP contribution in [0.3, 0.4) is 0 Å². The van der Waals surface area contributed by atoms with Gasteiger partial charge in [-0.25, -0.2) is 0 Å². The van der Waals surface area contributed by atoms with Crippen molar-refractivity contribution >= 4 is 0 Å². The average molecular weight is 221 g/mol. The van der Waals surface area contributed by atoms with Crippen molar-refractivity contribution in [2.75, 3.05) is 7.11 Å². The summed E-state index contributed by atoms with van der Waals surface area (Å²) < 4.78 is 5.56. The number of rotatable bonds is 3. The van der Waals surface area contributed by atoms with E-state index < -0.39 is 0 Å². The van der Waals surface area contributed by atoms with E-state index in [1.807, 2.05) is 12.1 Å². The summed E-state index contributed by atoms with van der Waals surface area (Å²) in [6.45, 7) is 8.54. The van der Waals surface area contributed by atoms with Crippen LogP contribution in [0.2, 0.25) is 0 Å². The van der Waals surface area contributed by atoms with Crippen LogP contribution in [0.25, 0.3) is 0 Å². The summed E-state index contributed by atoms with van der Waals surface area (Å²) in [5.74, 6) is 0. The van der Waals surface area contributed by atoms with E-state index in [0.29, 0.717) is 0 Å². The Balaban J connectivity index is 3.01. The molecule has 0 heterocycles. The molecular weight excluding hydrogens is 198 g/mol. The Bertz CT molecular complexity index is 341. The van der Waals surface area contributed by atoms with Gasteiger partial charge in [0.15, 0.2) is 0 Å². The van der Waals surface area contributed by atoms with Gasteiger partial charge in [-0.1, -0.05) is 45.0 Å². The highest BCUT2D eigenvalue weighted by Crippen LogP contribution is 2.31. The molecule has 2 nitrogen and oxygen atoms in total. The summed E-state index contributed by atoms with van der Waals surface area (Å²) in [7, 11) is 1.73. The normalized spacial score (nSPS) is 15.9. The fourth-order valence-corrected chi connectivity index (χ4v) is 2.16. The predicted molar refractivity (Wildman–Crippen MR) is 68.4 cm³/mol. The molecule has 0 aromatic heterocycles. The van der Waals surface area contributed by atoms with Crippen LogP contribution in [-0.4, -0.2) is 13.2 Å². The zero-order valence-corrected chi connectivity index (χ0v) is 10.9. The number of hydrogen-bond acceptors (Lipinski definition) is 2. The van der Waals surface area contributed by atoms with Crippen molar-refractivity contribution in [1.29, 1.82) is 0 Å². The lowest BCUT2D eigenvalue weighted by molar-refractivity contribution is -0.00256. The summed E-state index contributed by atoms with van der Waals surface area (Å²) in [5.41, 5.74) is 8.74. The van der Waals surface area contributed by atoms with Crippen molar-refractivity contribution in [3.05, 3.63) is 35.4 Å². The first-order chi connectivity index (χ1) is 7.38. The van der Waals surface area contributed by atoms with Crippen molar-refractivity contribution in [2.45, 2.75) is 39.8 Å². The second-order valence-corrected chi connectivity index (χ2v) is 5.40. The molecule has 0 fully saturated rings. The van der Waals surface area contributed by atoms with E-state index in [9.17, 15) is 0 Å². The van der Waals surface area contributed by atoms with E-state index in [-0.39, 0.29) is 17.6 Å². The molecule has 0 amide bonds. The number of ether oxygens (including phenoxy) is 1. The van der Waals surface area contributed by atoms with Gasteiger partial charge < -0.3 is 10.5 Å². The molecule has 1 aromatic rings. The standard InChI is InChI=1S/C14H23NO/c1-10-8-6-7-9-11(10)12(15)13(16-5)14(2,3)4/h6-9,12-13H,15H2,1-5H3. The molecule has 1 rings (SSSR count). The first-order valence-corrected chi connectivity index (χ1v) is 5.72. The number of aryl methyl sites for hydroxylation is 1. The van der Waals surface area contributed by atoms with Crippen molar-refractivity contribution < 1.29 is 4.74 Å². The Morgan fingerprint density at radius 1 is 1.19 bits per heavy atom. The van der Waals surface area contributed by atoms with Gasteiger partial charge in [-0.2, -0.15) is 0 Å². The molecule has 2 unspecified atom stereocenters. The molecular formula is C14H23NO. The first-order valence-electron chi connectivity index (χ1n) is 5.72. The van der Waals surface area contributed by atoms with Gasteiger partial charge in [-0.15, -0.1) is 0 Å².